The van der Waals surface area contributed by atoms with Crippen LogP contribution in [-0.4, -0.2) is 33.6 Å². The lowest BCUT2D eigenvalue weighted by atomic mass is 9.89. The molecule has 6 heteroatoms. The number of nitro groups is 1. The molecule has 2 rings (SSSR count). The van der Waals surface area contributed by atoms with E-state index >= 15 is 0 Å². The molecule has 104 valence electrons. The van der Waals surface area contributed by atoms with E-state index in [4.69, 9.17) is 0 Å². The zero-order valence-electron chi connectivity index (χ0n) is 10.8. The van der Waals surface area contributed by atoms with E-state index in [0.29, 0.717) is 25.2 Å². The molecule has 0 bridgehead atoms. The Morgan fingerprint density at radius 1 is 1.53 bits per heavy atom. The van der Waals surface area contributed by atoms with Crippen molar-refractivity contribution in [3.05, 3.63) is 39.7 Å². The van der Waals surface area contributed by atoms with E-state index in [1.165, 1.54) is 6.07 Å². The minimum Gasteiger partial charge on any atom is -0.387 e. The molecule has 0 radical (unpaired) electrons. The second kappa shape index (κ2) is 5.22. The van der Waals surface area contributed by atoms with Crippen LogP contribution in [0.3, 0.4) is 0 Å². The predicted molar refractivity (Wildman–Crippen MR) is 68.2 cm³/mol. The molecule has 5 nitrogen and oxygen atoms in total. The van der Waals surface area contributed by atoms with E-state index in [1.54, 1.807) is 6.07 Å². The van der Waals surface area contributed by atoms with E-state index < -0.39 is 22.0 Å². The molecule has 1 fully saturated rings. The van der Waals surface area contributed by atoms with Gasteiger partial charge < -0.3 is 5.11 Å². The molecule has 0 amide bonds. The maximum atomic E-state index is 13.9. The zero-order chi connectivity index (χ0) is 14.0. The Balaban J connectivity index is 2.02. The van der Waals surface area contributed by atoms with Crippen molar-refractivity contribution < 1.29 is 14.4 Å². The Labute approximate surface area is 110 Å². The van der Waals surface area contributed by atoms with Crippen LogP contribution in [0, 0.1) is 15.9 Å². The van der Waals surface area contributed by atoms with Crippen LogP contribution in [0.2, 0.25) is 0 Å². The SMILES string of the molecule is CCCC1(O)CN(Cc2cccc([N+](=O)[O-])c2F)C1. The van der Waals surface area contributed by atoms with E-state index in [2.05, 4.69) is 0 Å². The van der Waals surface area contributed by atoms with Gasteiger partial charge in [0.1, 0.15) is 0 Å². The van der Waals surface area contributed by atoms with Gasteiger partial charge >= 0.3 is 5.69 Å². The van der Waals surface area contributed by atoms with Gasteiger partial charge in [-0.2, -0.15) is 4.39 Å². The van der Waals surface area contributed by atoms with Crippen molar-refractivity contribution in [1.29, 1.82) is 0 Å². The highest BCUT2D eigenvalue weighted by Crippen LogP contribution is 2.29. The van der Waals surface area contributed by atoms with Crippen LogP contribution in [0.4, 0.5) is 10.1 Å². The summed E-state index contributed by atoms with van der Waals surface area (Å²) in [6, 6.07) is 4.18. The zero-order valence-corrected chi connectivity index (χ0v) is 10.8. The van der Waals surface area contributed by atoms with Gasteiger partial charge in [-0.05, 0) is 6.42 Å². The molecule has 0 aromatic heterocycles. The second-order valence-electron chi connectivity index (χ2n) is 5.13. The third-order valence-corrected chi connectivity index (χ3v) is 3.40. The van der Waals surface area contributed by atoms with Crippen LogP contribution in [-0.2, 0) is 6.54 Å². The lowest BCUT2D eigenvalue weighted by Gasteiger charge is -2.46. The molecular formula is C13H17FN2O3. The molecule has 1 heterocycles. The van der Waals surface area contributed by atoms with Crippen molar-refractivity contribution in [2.75, 3.05) is 13.1 Å². The quantitative estimate of drug-likeness (QED) is 0.656. The van der Waals surface area contributed by atoms with Gasteiger partial charge in [0.15, 0.2) is 0 Å². The molecule has 0 aliphatic carbocycles. The fraction of sp³-hybridized carbons (Fsp3) is 0.538. The molecule has 19 heavy (non-hydrogen) atoms. The molecule has 1 saturated heterocycles. The number of halogens is 1. The van der Waals surface area contributed by atoms with Gasteiger partial charge in [0.05, 0.1) is 10.5 Å². The second-order valence-corrected chi connectivity index (χ2v) is 5.13. The van der Waals surface area contributed by atoms with Crippen molar-refractivity contribution in [3.8, 4) is 0 Å². The summed E-state index contributed by atoms with van der Waals surface area (Å²) in [5.74, 6) is -0.779. The van der Waals surface area contributed by atoms with E-state index in [0.717, 1.165) is 18.9 Å². The van der Waals surface area contributed by atoms with Gasteiger partial charge in [0.25, 0.3) is 0 Å². The number of rotatable bonds is 5. The average molecular weight is 268 g/mol. The van der Waals surface area contributed by atoms with Crippen molar-refractivity contribution in [2.45, 2.75) is 31.9 Å². The first-order valence-corrected chi connectivity index (χ1v) is 6.32. The normalized spacial score (nSPS) is 18.1. The van der Waals surface area contributed by atoms with Gasteiger partial charge in [-0.25, -0.2) is 0 Å². The van der Waals surface area contributed by atoms with Gasteiger partial charge in [0, 0.05) is 31.3 Å². The maximum Gasteiger partial charge on any atom is 0.305 e. The highest BCUT2D eigenvalue weighted by atomic mass is 19.1. The molecule has 0 saturated carbocycles. The third-order valence-electron chi connectivity index (χ3n) is 3.40. The average Bonchev–Trinajstić information content (AvgIpc) is 2.29. The molecule has 1 aliphatic rings. The number of nitro benzene ring substituents is 1. The Morgan fingerprint density at radius 2 is 2.21 bits per heavy atom. The Morgan fingerprint density at radius 3 is 2.79 bits per heavy atom. The number of hydrogen-bond acceptors (Lipinski definition) is 4. The van der Waals surface area contributed by atoms with Crippen molar-refractivity contribution in [2.24, 2.45) is 0 Å². The van der Waals surface area contributed by atoms with Crippen LogP contribution in [0.1, 0.15) is 25.3 Å². The fourth-order valence-corrected chi connectivity index (χ4v) is 2.59. The van der Waals surface area contributed by atoms with Gasteiger partial charge in [-0.15, -0.1) is 0 Å². The fourth-order valence-electron chi connectivity index (χ4n) is 2.59. The van der Waals surface area contributed by atoms with Crippen LogP contribution >= 0.6 is 0 Å². The van der Waals surface area contributed by atoms with Gasteiger partial charge in [-0.1, -0.05) is 25.5 Å². The lowest BCUT2D eigenvalue weighted by molar-refractivity contribution is -0.387. The number of aliphatic hydroxyl groups is 1. The van der Waals surface area contributed by atoms with E-state index in [9.17, 15) is 19.6 Å². The molecule has 0 unspecified atom stereocenters. The summed E-state index contributed by atoms with van der Waals surface area (Å²) in [6.45, 7) is 3.27. The molecule has 0 atom stereocenters. The highest BCUT2D eigenvalue weighted by Gasteiger charge is 2.40. The van der Waals surface area contributed by atoms with Crippen LogP contribution < -0.4 is 0 Å². The molecular weight excluding hydrogens is 251 g/mol. The minimum absolute atomic E-state index is 0.291. The van der Waals surface area contributed by atoms with Crippen molar-refractivity contribution >= 4 is 5.69 Å². The summed E-state index contributed by atoms with van der Waals surface area (Å²) in [6.07, 6.45) is 1.62. The monoisotopic (exact) mass is 268 g/mol. The maximum absolute atomic E-state index is 13.9. The smallest absolute Gasteiger partial charge is 0.305 e. The predicted octanol–water partition coefficient (Wildman–Crippen LogP) is 2.08. The summed E-state index contributed by atoms with van der Waals surface area (Å²) in [4.78, 5) is 11.8. The third kappa shape index (κ3) is 2.90. The number of β-amino-alcohol motifs (C(OH)–C–C–N with tert-alkyl or cyclic N) is 1. The Kier molecular flexibility index (Phi) is 3.82. The summed E-state index contributed by atoms with van der Waals surface area (Å²) in [7, 11) is 0. The summed E-state index contributed by atoms with van der Waals surface area (Å²) >= 11 is 0. The first-order chi connectivity index (χ1) is 8.95. The molecule has 1 aromatic carbocycles. The van der Waals surface area contributed by atoms with Crippen LogP contribution in [0.5, 0.6) is 0 Å². The standard InChI is InChI=1S/C13H17FN2O3/c1-2-6-13(17)8-15(9-13)7-10-4-3-5-11(12(10)14)16(18)19/h3-5,17H,2,6-9H2,1H3. The van der Waals surface area contributed by atoms with Crippen LogP contribution in [0.15, 0.2) is 18.2 Å². The number of likely N-dealkylation sites (tertiary alicyclic amines) is 1. The lowest BCUT2D eigenvalue weighted by Crippen LogP contribution is -2.61. The van der Waals surface area contributed by atoms with Gasteiger partial charge in [-0.3, -0.25) is 15.0 Å². The molecule has 1 N–H and O–H groups in total. The largest absolute Gasteiger partial charge is 0.387 e. The van der Waals surface area contributed by atoms with Crippen LogP contribution in [0.25, 0.3) is 0 Å². The Hall–Kier alpha value is -1.53. The summed E-state index contributed by atoms with van der Waals surface area (Å²) < 4.78 is 13.9. The minimum atomic E-state index is -0.779. The first kappa shape index (κ1) is 13.9. The first-order valence-electron chi connectivity index (χ1n) is 6.32. The van der Waals surface area contributed by atoms with Gasteiger partial charge in [0.2, 0.25) is 5.82 Å². The number of benzene rings is 1. The Bertz CT molecular complexity index is 487. The topological polar surface area (TPSA) is 66.6 Å². The number of nitrogens with zero attached hydrogens (tertiary/aromatic N) is 2. The van der Waals surface area contributed by atoms with E-state index in [-0.39, 0.29) is 0 Å². The van der Waals surface area contributed by atoms with E-state index in [1.807, 2.05) is 11.8 Å². The molecule has 1 aliphatic heterocycles. The van der Waals surface area contributed by atoms with Crippen molar-refractivity contribution in [3.63, 3.8) is 0 Å². The van der Waals surface area contributed by atoms with Crippen molar-refractivity contribution in [1.82, 2.24) is 4.90 Å². The number of hydrogen-bond donors (Lipinski definition) is 1. The summed E-state index contributed by atoms with van der Waals surface area (Å²) in [5.41, 5.74) is -0.874. The highest BCUT2D eigenvalue weighted by molar-refractivity contribution is 5.36. The molecule has 0 spiro atoms. The summed E-state index contributed by atoms with van der Waals surface area (Å²) in [5, 5.41) is 20.7. The molecule has 1 aromatic rings.